The van der Waals surface area contributed by atoms with Crippen LogP contribution in [0.1, 0.15) is 6.92 Å². The van der Waals surface area contributed by atoms with E-state index in [1.807, 2.05) is 0 Å². The third-order valence-corrected chi connectivity index (χ3v) is 2.97. The molecule has 0 heterocycles. The summed E-state index contributed by atoms with van der Waals surface area (Å²) in [5.74, 6) is 0. The van der Waals surface area contributed by atoms with Gasteiger partial charge in [-0.15, -0.1) is 0 Å². The van der Waals surface area contributed by atoms with Crippen molar-refractivity contribution in [2.75, 3.05) is 44.9 Å². The molecular formula is C12H22IN3O6. The zero-order valence-electron chi connectivity index (χ0n) is 12.9. The van der Waals surface area contributed by atoms with Crippen LogP contribution in [0.5, 0.6) is 0 Å². The summed E-state index contributed by atoms with van der Waals surface area (Å²) in [6.45, 7) is 1.92. The van der Waals surface area contributed by atoms with Gasteiger partial charge in [-0.05, 0) is 6.92 Å². The van der Waals surface area contributed by atoms with E-state index >= 15 is 0 Å². The van der Waals surface area contributed by atoms with Crippen LogP contribution in [0.3, 0.4) is 0 Å². The third kappa shape index (κ3) is 9.47. The molecule has 0 bridgehead atoms. The van der Waals surface area contributed by atoms with Gasteiger partial charge in [0, 0.05) is 25.1 Å². The van der Waals surface area contributed by atoms with Gasteiger partial charge in [-0.1, -0.05) is 22.6 Å². The Morgan fingerprint density at radius 1 is 0.909 bits per heavy atom. The number of carbonyl (C=O) groups excluding carboxylic acids is 3. The first-order valence-electron chi connectivity index (χ1n) is 6.52. The molecule has 0 aliphatic heterocycles. The normalized spacial score (nSPS) is 10.4. The van der Waals surface area contributed by atoms with Crippen molar-refractivity contribution in [1.82, 2.24) is 16.0 Å². The topological polar surface area (TPSA) is 115 Å². The van der Waals surface area contributed by atoms with Crippen LogP contribution in [0, 0.1) is 5.41 Å². The smallest absolute Gasteiger partial charge is 0.407 e. The van der Waals surface area contributed by atoms with E-state index in [2.05, 4.69) is 38.5 Å². The van der Waals surface area contributed by atoms with Crippen molar-refractivity contribution >= 4 is 40.9 Å². The highest BCUT2D eigenvalue weighted by atomic mass is 127. The van der Waals surface area contributed by atoms with Gasteiger partial charge in [0.25, 0.3) is 0 Å². The molecule has 0 aliphatic carbocycles. The van der Waals surface area contributed by atoms with Gasteiger partial charge >= 0.3 is 18.3 Å². The number of halogens is 1. The number of hydrogen-bond donors (Lipinski definition) is 3. The standard InChI is InChI=1S/C12H22IN3O6/c1-12(6-20-9(17)14-2,7-21-10(18)15-3)8-22-11(19)16-5-4-13/h4-8H2,1-3H3,(H,14,17)(H,15,18)(H,16,19). The highest BCUT2D eigenvalue weighted by molar-refractivity contribution is 14.1. The van der Waals surface area contributed by atoms with Crippen molar-refractivity contribution < 1.29 is 28.6 Å². The molecule has 0 radical (unpaired) electrons. The minimum Gasteiger partial charge on any atom is -0.449 e. The lowest BCUT2D eigenvalue weighted by Gasteiger charge is -2.27. The lowest BCUT2D eigenvalue weighted by Crippen LogP contribution is -2.40. The highest BCUT2D eigenvalue weighted by Crippen LogP contribution is 2.18. The Labute approximate surface area is 142 Å². The van der Waals surface area contributed by atoms with E-state index in [1.165, 1.54) is 14.1 Å². The van der Waals surface area contributed by atoms with Crippen LogP contribution in [-0.2, 0) is 14.2 Å². The van der Waals surface area contributed by atoms with Gasteiger partial charge in [-0.3, -0.25) is 0 Å². The van der Waals surface area contributed by atoms with Crippen LogP contribution in [0.25, 0.3) is 0 Å². The maximum Gasteiger partial charge on any atom is 0.407 e. The van der Waals surface area contributed by atoms with Gasteiger partial charge in [0.2, 0.25) is 0 Å². The summed E-state index contributed by atoms with van der Waals surface area (Å²) in [5.41, 5.74) is -0.860. The summed E-state index contributed by atoms with van der Waals surface area (Å²) < 4.78 is 15.7. The molecule has 0 aromatic rings. The maximum absolute atomic E-state index is 11.5. The minimum atomic E-state index is -0.860. The molecule has 9 nitrogen and oxygen atoms in total. The fourth-order valence-electron chi connectivity index (χ4n) is 1.19. The van der Waals surface area contributed by atoms with Crippen LogP contribution in [0.15, 0.2) is 0 Å². The molecular weight excluding hydrogens is 409 g/mol. The van der Waals surface area contributed by atoms with Gasteiger partial charge in [-0.2, -0.15) is 0 Å². The zero-order valence-corrected chi connectivity index (χ0v) is 15.0. The largest absolute Gasteiger partial charge is 0.449 e. The van der Waals surface area contributed by atoms with Gasteiger partial charge < -0.3 is 30.2 Å². The monoisotopic (exact) mass is 431 g/mol. The van der Waals surface area contributed by atoms with E-state index in [-0.39, 0.29) is 19.8 Å². The number of nitrogens with one attached hydrogen (secondary N) is 3. The molecule has 0 aromatic heterocycles. The van der Waals surface area contributed by atoms with Crippen molar-refractivity contribution in [3.05, 3.63) is 0 Å². The molecule has 22 heavy (non-hydrogen) atoms. The first kappa shape index (κ1) is 20.5. The lowest BCUT2D eigenvalue weighted by atomic mass is 9.94. The average molecular weight is 431 g/mol. The molecule has 0 saturated heterocycles. The Balaban J connectivity index is 4.51. The van der Waals surface area contributed by atoms with E-state index in [4.69, 9.17) is 14.2 Å². The maximum atomic E-state index is 11.5. The summed E-state index contributed by atoms with van der Waals surface area (Å²) in [6.07, 6.45) is -1.83. The summed E-state index contributed by atoms with van der Waals surface area (Å²) >= 11 is 2.12. The Bertz CT molecular complexity index is 360. The zero-order chi connectivity index (χ0) is 17.0. The van der Waals surface area contributed by atoms with Gasteiger partial charge in [-0.25, -0.2) is 14.4 Å². The minimum absolute atomic E-state index is 0.0753. The van der Waals surface area contributed by atoms with Gasteiger partial charge in [0.1, 0.15) is 19.8 Å². The SMILES string of the molecule is CNC(=O)OCC(C)(COC(=O)NC)COC(=O)NCCI. The number of amides is 3. The number of rotatable bonds is 8. The van der Waals surface area contributed by atoms with Crippen LogP contribution in [-0.4, -0.2) is 63.2 Å². The second-order valence-corrected chi connectivity index (χ2v) is 5.73. The van der Waals surface area contributed by atoms with Crippen LogP contribution in [0.4, 0.5) is 14.4 Å². The van der Waals surface area contributed by atoms with Crippen LogP contribution in [0.2, 0.25) is 0 Å². The van der Waals surface area contributed by atoms with Crippen LogP contribution < -0.4 is 16.0 Å². The number of alkyl halides is 1. The number of hydrogen-bond acceptors (Lipinski definition) is 6. The molecule has 0 aromatic carbocycles. The van der Waals surface area contributed by atoms with Crippen molar-refractivity contribution in [2.24, 2.45) is 5.41 Å². The number of alkyl carbamates (subject to hydrolysis) is 3. The molecule has 0 unspecified atom stereocenters. The van der Waals surface area contributed by atoms with Gasteiger partial charge in [0.15, 0.2) is 0 Å². The molecule has 0 fully saturated rings. The Morgan fingerprint density at radius 3 is 1.68 bits per heavy atom. The molecule has 0 atom stereocenters. The van der Waals surface area contributed by atoms with Gasteiger partial charge in [0.05, 0.1) is 5.41 Å². The Hall–Kier alpha value is -1.46. The van der Waals surface area contributed by atoms with Crippen molar-refractivity contribution in [3.8, 4) is 0 Å². The summed E-state index contributed by atoms with van der Waals surface area (Å²) in [7, 11) is 2.85. The summed E-state index contributed by atoms with van der Waals surface area (Å²) in [4.78, 5) is 33.8. The van der Waals surface area contributed by atoms with E-state index in [0.29, 0.717) is 6.54 Å². The second-order valence-electron chi connectivity index (χ2n) is 4.65. The van der Waals surface area contributed by atoms with E-state index in [0.717, 1.165) is 4.43 Å². The Morgan fingerprint density at radius 2 is 1.32 bits per heavy atom. The predicted octanol–water partition coefficient (Wildman–Crippen LogP) is 0.866. The first-order valence-corrected chi connectivity index (χ1v) is 8.05. The van der Waals surface area contributed by atoms with E-state index in [9.17, 15) is 14.4 Å². The number of ether oxygens (including phenoxy) is 3. The van der Waals surface area contributed by atoms with E-state index < -0.39 is 23.7 Å². The molecule has 128 valence electrons. The molecule has 3 N–H and O–H groups in total. The quantitative estimate of drug-likeness (QED) is 0.299. The second kappa shape index (κ2) is 11.2. The summed E-state index contributed by atoms with van der Waals surface area (Å²) in [6, 6.07) is 0. The lowest BCUT2D eigenvalue weighted by molar-refractivity contribution is -0.00371. The predicted molar refractivity (Wildman–Crippen MR) is 87.2 cm³/mol. The molecule has 0 spiro atoms. The fourth-order valence-corrected chi connectivity index (χ4v) is 1.46. The summed E-state index contributed by atoms with van der Waals surface area (Å²) in [5, 5.41) is 7.16. The van der Waals surface area contributed by atoms with Crippen molar-refractivity contribution in [2.45, 2.75) is 6.92 Å². The molecule has 3 amide bonds. The first-order chi connectivity index (χ1) is 10.4. The van der Waals surface area contributed by atoms with Crippen molar-refractivity contribution in [1.29, 1.82) is 0 Å². The third-order valence-electron chi connectivity index (χ3n) is 2.43. The molecule has 0 rings (SSSR count). The highest BCUT2D eigenvalue weighted by Gasteiger charge is 2.30. The molecule has 10 heteroatoms. The number of carbonyl (C=O) groups is 3. The van der Waals surface area contributed by atoms with E-state index in [1.54, 1.807) is 6.92 Å². The Kier molecular flexibility index (Phi) is 10.4. The van der Waals surface area contributed by atoms with Crippen molar-refractivity contribution in [3.63, 3.8) is 0 Å². The van der Waals surface area contributed by atoms with Crippen LogP contribution >= 0.6 is 22.6 Å². The fraction of sp³-hybridized carbons (Fsp3) is 0.750. The molecule has 0 aliphatic rings. The molecule has 0 saturated carbocycles. The average Bonchev–Trinajstić information content (AvgIpc) is 2.53.